The molecule has 0 aliphatic carbocycles. The fourth-order valence-electron chi connectivity index (χ4n) is 1.34. The molecule has 2 rings (SSSR count). The average molecular weight is 208 g/mol. The summed E-state index contributed by atoms with van der Waals surface area (Å²) >= 11 is 1.56. The molecule has 1 fully saturated rings. The first-order valence-corrected chi connectivity index (χ1v) is 5.53. The zero-order valence-corrected chi connectivity index (χ0v) is 9.01. The molecule has 0 aromatic heterocycles. The number of ether oxygens (including phenoxy) is 1. The minimum absolute atomic E-state index is 0.0405. The average Bonchev–Trinajstić information content (AvgIpc) is 2.48. The summed E-state index contributed by atoms with van der Waals surface area (Å²) in [5, 5.41) is -0.0405. The van der Waals surface area contributed by atoms with E-state index in [0.717, 1.165) is 5.56 Å². The Hall–Kier alpha value is -0.960. The first-order valence-electron chi connectivity index (χ1n) is 4.59. The summed E-state index contributed by atoms with van der Waals surface area (Å²) in [5.74, 6) is -0.111. The van der Waals surface area contributed by atoms with Gasteiger partial charge in [0.05, 0.1) is 0 Å². The SMILES string of the molecule is Cc1ccc(C2OC(=O)C(C)S2)cc1. The third-order valence-electron chi connectivity index (χ3n) is 2.23. The molecule has 0 N–H and O–H groups in total. The van der Waals surface area contributed by atoms with Crippen LogP contribution in [0.5, 0.6) is 0 Å². The van der Waals surface area contributed by atoms with Crippen LogP contribution in [0.2, 0.25) is 0 Å². The molecule has 14 heavy (non-hydrogen) atoms. The van der Waals surface area contributed by atoms with Gasteiger partial charge in [-0.1, -0.05) is 41.6 Å². The molecule has 74 valence electrons. The van der Waals surface area contributed by atoms with E-state index >= 15 is 0 Å². The van der Waals surface area contributed by atoms with E-state index < -0.39 is 0 Å². The van der Waals surface area contributed by atoms with E-state index in [2.05, 4.69) is 0 Å². The van der Waals surface area contributed by atoms with Crippen LogP contribution in [-0.4, -0.2) is 11.2 Å². The second-order valence-electron chi connectivity index (χ2n) is 3.46. The number of hydrogen-bond donors (Lipinski definition) is 0. The monoisotopic (exact) mass is 208 g/mol. The maximum Gasteiger partial charge on any atom is 0.320 e. The topological polar surface area (TPSA) is 26.3 Å². The standard InChI is InChI=1S/C11H12O2S/c1-7-3-5-9(6-4-7)11-13-10(12)8(2)14-11/h3-6,8,11H,1-2H3. The second-order valence-corrected chi connectivity index (χ2v) is 4.87. The van der Waals surface area contributed by atoms with Crippen LogP contribution in [0.1, 0.15) is 23.5 Å². The molecule has 0 radical (unpaired) electrons. The van der Waals surface area contributed by atoms with Gasteiger partial charge in [-0.3, -0.25) is 4.79 Å². The Balaban J connectivity index is 2.17. The van der Waals surface area contributed by atoms with E-state index in [9.17, 15) is 4.79 Å². The summed E-state index contributed by atoms with van der Waals surface area (Å²) in [4.78, 5) is 11.2. The predicted octanol–water partition coefficient (Wildman–Crippen LogP) is 2.67. The maximum absolute atomic E-state index is 11.2. The molecule has 1 aliphatic rings. The highest BCUT2D eigenvalue weighted by Gasteiger charge is 2.32. The first-order chi connectivity index (χ1) is 6.66. The van der Waals surface area contributed by atoms with Crippen molar-refractivity contribution >= 4 is 17.7 Å². The lowest BCUT2D eigenvalue weighted by atomic mass is 10.2. The number of thioether (sulfide) groups is 1. The van der Waals surface area contributed by atoms with Crippen LogP contribution in [0.4, 0.5) is 0 Å². The molecular formula is C11H12O2S. The molecule has 1 heterocycles. The summed E-state index contributed by atoms with van der Waals surface area (Å²) in [6.07, 6.45) is 0. The number of aryl methyl sites for hydroxylation is 1. The number of carbonyl (C=O) groups excluding carboxylic acids is 1. The van der Waals surface area contributed by atoms with Crippen molar-refractivity contribution in [1.29, 1.82) is 0 Å². The molecule has 2 unspecified atom stereocenters. The number of benzene rings is 1. The minimum atomic E-state index is -0.113. The van der Waals surface area contributed by atoms with Crippen molar-refractivity contribution < 1.29 is 9.53 Å². The van der Waals surface area contributed by atoms with Gasteiger partial charge in [0.15, 0.2) is 5.44 Å². The quantitative estimate of drug-likeness (QED) is 0.664. The normalized spacial score (nSPS) is 26.3. The zero-order chi connectivity index (χ0) is 10.1. The van der Waals surface area contributed by atoms with Crippen molar-refractivity contribution in [2.45, 2.75) is 24.5 Å². The molecular weight excluding hydrogens is 196 g/mol. The molecule has 1 aromatic carbocycles. The van der Waals surface area contributed by atoms with E-state index in [-0.39, 0.29) is 16.7 Å². The van der Waals surface area contributed by atoms with E-state index in [0.29, 0.717) is 0 Å². The van der Waals surface area contributed by atoms with Gasteiger partial charge < -0.3 is 4.74 Å². The smallest absolute Gasteiger partial charge is 0.320 e. The molecule has 3 heteroatoms. The fourth-order valence-corrected chi connectivity index (χ4v) is 2.34. The number of esters is 1. The molecule has 1 aromatic rings. The Labute approximate surface area is 87.6 Å². The summed E-state index contributed by atoms with van der Waals surface area (Å²) in [6, 6.07) is 8.09. The fraction of sp³-hybridized carbons (Fsp3) is 0.364. The minimum Gasteiger partial charge on any atom is -0.445 e. The Morgan fingerprint density at radius 3 is 2.43 bits per heavy atom. The Bertz CT molecular complexity index is 345. The van der Waals surface area contributed by atoms with Crippen LogP contribution < -0.4 is 0 Å². The van der Waals surface area contributed by atoms with Gasteiger partial charge in [-0.15, -0.1) is 0 Å². The van der Waals surface area contributed by atoms with Crippen LogP contribution in [-0.2, 0) is 9.53 Å². The van der Waals surface area contributed by atoms with Gasteiger partial charge in [-0.05, 0) is 13.8 Å². The molecule has 1 saturated heterocycles. The molecule has 0 spiro atoms. The summed E-state index contributed by atoms with van der Waals surface area (Å²) < 4.78 is 5.22. The van der Waals surface area contributed by atoms with E-state index in [1.807, 2.05) is 38.1 Å². The largest absolute Gasteiger partial charge is 0.445 e. The van der Waals surface area contributed by atoms with Gasteiger partial charge in [-0.2, -0.15) is 0 Å². The highest BCUT2D eigenvalue weighted by atomic mass is 32.2. The van der Waals surface area contributed by atoms with Crippen molar-refractivity contribution in [3.63, 3.8) is 0 Å². The van der Waals surface area contributed by atoms with E-state index in [1.54, 1.807) is 11.8 Å². The lowest BCUT2D eigenvalue weighted by Gasteiger charge is -2.08. The predicted molar refractivity (Wildman–Crippen MR) is 57.1 cm³/mol. The van der Waals surface area contributed by atoms with Crippen LogP contribution in [0, 0.1) is 6.92 Å². The third kappa shape index (κ3) is 1.77. The molecule has 2 atom stereocenters. The van der Waals surface area contributed by atoms with Crippen LogP contribution in [0.15, 0.2) is 24.3 Å². The summed E-state index contributed by atoms with van der Waals surface area (Å²) in [6.45, 7) is 3.92. The van der Waals surface area contributed by atoms with Crippen LogP contribution in [0.3, 0.4) is 0 Å². The van der Waals surface area contributed by atoms with Crippen LogP contribution in [0.25, 0.3) is 0 Å². The van der Waals surface area contributed by atoms with Gasteiger partial charge in [0.2, 0.25) is 0 Å². The molecule has 0 amide bonds. The number of carbonyl (C=O) groups is 1. The first kappa shape index (κ1) is 9.59. The van der Waals surface area contributed by atoms with Gasteiger partial charge in [-0.25, -0.2) is 0 Å². The van der Waals surface area contributed by atoms with Crippen LogP contribution >= 0.6 is 11.8 Å². The van der Waals surface area contributed by atoms with Gasteiger partial charge in [0, 0.05) is 5.56 Å². The Kier molecular flexibility index (Phi) is 2.50. The van der Waals surface area contributed by atoms with E-state index in [1.165, 1.54) is 5.56 Å². The third-order valence-corrected chi connectivity index (χ3v) is 3.45. The number of cyclic esters (lactones) is 1. The van der Waals surface area contributed by atoms with E-state index in [4.69, 9.17) is 4.74 Å². The summed E-state index contributed by atoms with van der Waals surface area (Å²) in [5.41, 5.74) is 2.17. The zero-order valence-electron chi connectivity index (χ0n) is 8.19. The van der Waals surface area contributed by atoms with Crippen molar-refractivity contribution in [2.24, 2.45) is 0 Å². The number of rotatable bonds is 1. The summed E-state index contributed by atoms with van der Waals surface area (Å²) in [7, 11) is 0. The molecule has 0 bridgehead atoms. The molecule has 2 nitrogen and oxygen atoms in total. The van der Waals surface area contributed by atoms with Crippen molar-refractivity contribution in [3.05, 3.63) is 35.4 Å². The van der Waals surface area contributed by atoms with Crippen molar-refractivity contribution in [2.75, 3.05) is 0 Å². The maximum atomic E-state index is 11.2. The van der Waals surface area contributed by atoms with Gasteiger partial charge in [0.1, 0.15) is 5.25 Å². The van der Waals surface area contributed by atoms with Crippen molar-refractivity contribution in [1.82, 2.24) is 0 Å². The highest BCUT2D eigenvalue weighted by molar-refractivity contribution is 8.01. The Morgan fingerprint density at radius 1 is 1.29 bits per heavy atom. The number of hydrogen-bond acceptors (Lipinski definition) is 3. The lowest BCUT2D eigenvalue weighted by Crippen LogP contribution is -2.06. The van der Waals surface area contributed by atoms with Gasteiger partial charge in [0.25, 0.3) is 0 Å². The second kappa shape index (κ2) is 3.65. The van der Waals surface area contributed by atoms with Gasteiger partial charge >= 0.3 is 5.97 Å². The molecule has 0 saturated carbocycles. The lowest BCUT2D eigenvalue weighted by molar-refractivity contribution is -0.142. The van der Waals surface area contributed by atoms with Crippen molar-refractivity contribution in [3.8, 4) is 0 Å². The highest BCUT2D eigenvalue weighted by Crippen LogP contribution is 2.40. The molecule has 1 aliphatic heterocycles. The Morgan fingerprint density at radius 2 is 1.93 bits per heavy atom.